The van der Waals surface area contributed by atoms with Crippen LogP contribution in [0.5, 0.6) is 5.75 Å². The first-order valence-corrected chi connectivity index (χ1v) is 8.64. The van der Waals surface area contributed by atoms with Crippen LogP contribution < -0.4 is 4.74 Å². The highest BCUT2D eigenvalue weighted by atomic mass is 16.5. The van der Waals surface area contributed by atoms with Gasteiger partial charge in [0.05, 0.1) is 20.1 Å². The Balaban J connectivity index is 1.89. The zero-order chi connectivity index (χ0) is 16.4. The van der Waals surface area contributed by atoms with Crippen LogP contribution in [-0.2, 0) is 22.4 Å². The van der Waals surface area contributed by atoms with Crippen molar-refractivity contribution >= 4 is 5.97 Å². The van der Waals surface area contributed by atoms with Crippen molar-refractivity contribution < 1.29 is 14.3 Å². The van der Waals surface area contributed by atoms with Gasteiger partial charge in [-0.1, -0.05) is 19.1 Å². The Morgan fingerprint density at radius 1 is 1.30 bits per heavy atom. The van der Waals surface area contributed by atoms with Crippen LogP contribution in [0.2, 0.25) is 0 Å². The molecule has 0 radical (unpaired) electrons. The Labute approximate surface area is 138 Å². The predicted octanol–water partition coefficient (Wildman–Crippen LogP) is 2.68. The lowest BCUT2D eigenvalue weighted by molar-refractivity contribution is -0.149. The lowest BCUT2D eigenvalue weighted by Gasteiger charge is -2.47. The Morgan fingerprint density at radius 3 is 2.83 bits per heavy atom. The van der Waals surface area contributed by atoms with Gasteiger partial charge in [0.15, 0.2) is 0 Å². The average Bonchev–Trinajstić information content (AvgIpc) is 2.59. The quantitative estimate of drug-likeness (QED) is 0.800. The van der Waals surface area contributed by atoms with Crippen molar-refractivity contribution in [1.82, 2.24) is 4.90 Å². The molecule has 3 unspecified atom stereocenters. The zero-order valence-corrected chi connectivity index (χ0v) is 14.4. The van der Waals surface area contributed by atoms with E-state index < -0.39 is 0 Å². The minimum Gasteiger partial charge on any atom is -0.496 e. The predicted molar refractivity (Wildman–Crippen MR) is 89.7 cm³/mol. The number of fused-ring (bicyclic) bond motifs is 2. The van der Waals surface area contributed by atoms with Crippen LogP contribution in [0, 0.1) is 11.8 Å². The molecule has 1 fully saturated rings. The highest BCUT2D eigenvalue weighted by Crippen LogP contribution is 2.40. The molecule has 0 spiro atoms. The van der Waals surface area contributed by atoms with Gasteiger partial charge in [-0.3, -0.25) is 9.69 Å². The highest BCUT2D eigenvalue weighted by molar-refractivity contribution is 5.72. The van der Waals surface area contributed by atoms with E-state index in [1.165, 1.54) is 18.2 Å². The first-order chi connectivity index (χ1) is 11.2. The van der Waals surface area contributed by atoms with Crippen LogP contribution in [0.15, 0.2) is 18.2 Å². The number of likely N-dealkylation sites (tertiary alicyclic amines) is 1. The van der Waals surface area contributed by atoms with Crippen LogP contribution in [0.3, 0.4) is 0 Å². The van der Waals surface area contributed by atoms with Crippen molar-refractivity contribution in [1.29, 1.82) is 0 Å². The molecule has 1 aliphatic carbocycles. The van der Waals surface area contributed by atoms with E-state index in [2.05, 4.69) is 24.0 Å². The van der Waals surface area contributed by atoms with Gasteiger partial charge in [-0.2, -0.15) is 0 Å². The summed E-state index contributed by atoms with van der Waals surface area (Å²) in [6, 6.07) is 6.90. The number of carbonyl (C=O) groups is 1. The van der Waals surface area contributed by atoms with E-state index in [-0.39, 0.29) is 11.9 Å². The van der Waals surface area contributed by atoms with Crippen LogP contribution in [0.25, 0.3) is 0 Å². The Hall–Kier alpha value is -1.55. The fourth-order valence-corrected chi connectivity index (χ4v) is 4.42. The number of methoxy groups -OCH3 is 2. The smallest absolute Gasteiger partial charge is 0.309 e. The zero-order valence-electron chi connectivity index (χ0n) is 14.4. The first kappa shape index (κ1) is 16.3. The number of rotatable bonds is 4. The molecular weight excluding hydrogens is 290 g/mol. The van der Waals surface area contributed by atoms with Gasteiger partial charge < -0.3 is 9.47 Å². The van der Waals surface area contributed by atoms with E-state index in [9.17, 15) is 4.79 Å². The number of esters is 1. The molecule has 2 aliphatic rings. The third-order valence-corrected chi connectivity index (χ3v) is 5.45. The summed E-state index contributed by atoms with van der Waals surface area (Å²) in [6.45, 7) is 4.09. The van der Waals surface area contributed by atoms with Gasteiger partial charge in [0.2, 0.25) is 0 Å². The Bertz CT molecular complexity index is 572. The Kier molecular flexibility index (Phi) is 4.90. The summed E-state index contributed by atoms with van der Waals surface area (Å²) >= 11 is 0. The number of nitrogens with zero attached hydrogens (tertiary/aromatic N) is 1. The number of hydrogen-bond acceptors (Lipinski definition) is 4. The van der Waals surface area contributed by atoms with Crippen LogP contribution in [0.4, 0.5) is 0 Å². The molecule has 4 heteroatoms. The van der Waals surface area contributed by atoms with Crippen LogP contribution >= 0.6 is 0 Å². The van der Waals surface area contributed by atoms with Crippen molar-refractivity contribution in [3.63, 3.8) is 0 Å². The summed E-state index contributed by atoms with van der Waals surface area (Å²) in [5, 5.41) is 0. The molecule has 1 aliphatic heterocycles. The fourth-order valence-electron chi connectivity index (χ4n) is 4.42. The van der Waals surface area contributed by atoms with Gasteiger partial charge in [-0.15, -0.1) is 0 Å². The molecule has 23 heavy (non-hydrogen) atoms. The maximum atomic E-state index is 12.1. The second-order valence-electron chi connectivity index (χ2n) is 6.78. The van der Waals surface area contributed by atoms with E-state index in [1.54, 1.807) is 7.11 Å². The fraction of sp³-hybridized carbons (Fsp3) is 0.632. The summed E-state index contributed by atoms with van der Waals surface area (Å²) in [7, 11) is 3.24. The second-order valence-corrected chi connectivity index (χ2v) is 6.78. The topological polar surface area (TPSA) is 38.8 Å². The molecule has 1 heterocycles. The molecule has 126 valence electrons. The van der Waals surface area contributed by atoms with Crippen molar-refractivity contribution in [2.24, 2.45) is 11.8 Å². The van der Waals surface area contributed by atoms with Crippen molar-refractivity contribution in [2.75, 3.05) is 27.3 Å². The van der Waals surface area contributed by atoms with Crippen LogP contribution in [-0.4, -0.2) is 44.2 Å². The van der Waals surface area contributed by atoms with Crippen molar-refractivity contribution in [3.05, 3.63) is 29.3 Å². The molecule has 1 aromatic carbocycles. The largest absolute Gasteiger partial charge is 0.496 e. The molecule has 0 aromatic heterocycles. The standard InChI is InChI=1S/C19H27NO3/c1-4-8-20-12-15(19(21)23-3)9-14-10-16-13(11-17(14)20)6-5-7-18(16)22-2/h5-7,14-15,17H,4,8-12H2,1-3H3. The summed E-state index contributed by atoms with van der Waals surface area (Å²) in [6.07, 6.45) is 4.10. The Morgan fingerprint density at radius 2 is 2.13 bits per heavy atom. The van der Waals surface area contributed by atoms with Crippen molar-refractivity contribution in [3.8, 4) is 5.75 Å². The molecule has 3 rings (SSSR count). The van der Waals surface area contributed by atoms with E-state index in [1.807, 2.05) is 6.07 Å². The normalized spacial score (nSPS) is 27.0. The summed E-state index contributed by atoms with van der Waals surface area (Å²) < 4.78 is 10.6. The third kappa shape index (κ3) is 3.09. The molecule has 0 amide bonds. The molecule has 1 aromatic rings. The van der Waals surface area contributed by atoms with Gasteiger partial charge >= 0.3 is 5.97 Å². The minimum atomic E-state index is -0.0598. The van der Waals surface area contributed by atoms with E-state index in [4.69, 9.17) is 9.47 Å². The second kappa shape index (κ2) is 6.91. The van der Waals surface area contributed by atoms with Gasteiger partial charge in [0.1, 0.15) is 5.75 Å². The van der Waals surface area contributed by atoms with E-state index >= 15 is 0 Å². The van der Waals surface area contributed by atoms with Gasteiger partial charge in [0.25, 0.3) is 0 Å². The lowest BCUT2D eigenvalue weighted by Crippen LogP contribution is -2.53. The maximum Gasteiger partial charge on any atom is 0.309 e. The monoisotopic (exact) mass is 317 g/mol. The molecule has 0 bridgehead atoms. The van der Waals surface area contributed by atoms with Crippen LogP contribution in [0.1, 0.15) is 30.9 Å². The summed E-state index contributed by atoms with van der Waals surface area (Å²) in [5.41, 5.74) is 2.74. The van der Waals surface area contributed by atoms with E-state index in [0.29, 0.717) is 12.0 Å². The van der Waals surface area contributed by atoms with Gasteiger partial charge in [-0.25, -0.2) is 0 Å². The molecule has 0 saturated carbocycles. The highest BCUT2D eigenvalue weighted by Gasteiger charge is 2.41. The van der Waals surface area contributed by atoms with Gasteiger partial charge in [-0.05, 0) is 55.3 Å². The first-order valence-electron chi connectivity index (χ1n) is 8.64. The molecule has 0 N–H and O–H groups in total. The molecule has 1 saturated heterocycles. The number of hydrogen-bond donors (Lipinski definition) is 0. The van der Waals surface area contributed by atoms with Gasteiger partial charge in [0, 0.05) is 12.6 Å². The summed E-state index contributed by atoms with van der Waals surface area (Å²) in [4.78, 5) is 14.6. The average molecular weight is 317 g/mol. The SMILES string of the molecule is CCCN1CC(C(=O)OC)CC2Cc3c(cccc3OC)CC21. The minimum absolute atomic E-state index is 0.00376. The number of carbonyl (C=O) groups excluding carboxylic acids is 1. The summed E-state index contributed by atoms with van der Waals surface area (Å²) in [5.74, 6) is 1.44. The molecule has 3 atom stereocenters. The third-order valence-electron chi connectivity index (χ3n) is 5.45. The number of benzene rings is 1. The molecule has 4 nitrogen and oxygen atoms in total. The number of piperidine rings is 1. The lowest BCUT2D eigenvalue weighted by atomic mass is 9.72. The van der Waals surface area contributed by atoms with Crippen molar-refractivity contribution in [2.45, 2.75) is 38.6 Å². The molecular formula is C19H27NO3. The number of ether oxygens (including phenoxy) is 2. The maximum absolute atomic E-state index is 12.1. The van der Waals surface area contributed by atoms with E-state index in [0.717, 1.165) is 44.5 Å².